The topological polar surface area (TPSA) is 81.4 Å². The van der Waals surface area contributed by atoms with E-state index in [0.29, 0.717) is 24.2 Å². The number of fused-ring (bicyclic) bond motifs is 1. The summed E-state index contributed by atoms with van der Waals surface area (Å²) in [7, 11) is -3.66. The summed E-state index contributed by atoms with van der Waals surface area (Å²) in [6.45, 7) is 0. The number of benzene rings is 3. The van der Waals surface area contributed by atoms with Crippen molar-refractivity contribution in [3.8, 4) is 11.1 Å². The first-order valence-electron chi connectivity index (χ1n) is 10.8. The first kappa shape index (κ1) is 21.7. The zero-order valence-corrected chi connectivity index (χ0v) is 19.0. The Bertz CT molecular complexity index is 1570. The molecule has 0 aliphatic rings. The van der Waals surface area contributed by atoms with Crippen molar-refractivity contribution in [3.63, 3.8) is 0 Å². The molecule has 0 N–H and O–H groups in total. The van der Waals surface area contributed by atoms with Crippen LogP contribution in [-0.4, -0.2) is 28.6 Å². The molecule has 0 fully saturated rings. The lowest BCUT2D eigenvalue weighted by Gasteiger charge is -2.09. The minimum Gasteiger partial charge on any atom is -0.294 e. The van der Waals surface area contributed by atoms with Crippen LogP contribution < -0.4 is 0 Å². The summed E-state index contributed by atoms with van der Waals surface area (Å²) in [6, 6.07) is 23.4. The van der Waals surface area contributed by atoms with Gasteiger partial charge in [0.25, 0.3) is 0 Å². The van der Waals surface area contributed by atoms with E-state index < -0.39 is 9.84 Å². The van der Waals surface area contributed by atoms with Gasteiger partial charge >= 0.3 is 0 Å². The molecule has 0 aliphatic heterocycles. The van der Waals surface area contributed by atoms with Crippen LogP contribution >= 0.6 is 0 Å². The molecule has 34 heavy (non-hydrogen) atoms. The second-order valence-corrected chi connectivity index (χ2v) is 9.89. The molecule has 5 rings (SSSR count). The summed E-state index contributed by atoms with van der Waals surface area (Å²) in [5, 5.41) is 0. The highest BCUT2D eigenvalue weighted by Crippen LogP contribution is 2.26. The second-order valence-electron chi connectivity index (χ2n) is 7.94. The second kappa shape index (κ2) is 9.03. The molecule has 0 radical (unpaired) electrons. The minimum absolute atomic E-state index is 0.0301. The number of Topliss-reactive ketones (excluding diaryl/α,β-unsaturated/α-hetero) is 1. The van der Waals surface area contributed by atoms with Crippen molar-refractivity contribution in [3.05, 3.63) is 115 Å². The molecule has 2 heterocycles. The van der Waals surface area contributed by atoms with Crippen molar-refractivity contribution in [2.24, 2.45) is 0 Å². The van der Waals surface area contributed by atoms with Crippen molar-refractivity contribution < 1.29 is 13.2 Å². The number of rotatable bonds is 7. The van der Waals surface area contributed by atoms with Crippen molar-refractivity contribution in [2.45, 2.75) is 22.6 Å². The number of sulfone groups is 1. The van der Waals surface area contributed by atoms with E-state index in [2.05, 4.69) is 9.97 Å². The van der Waals surface area contributed by atoms with Crippen molar-refractivity contribution in [1.82, 2.24) is 14.4 Å². The van der Waals surface area contributed by atoms with Gasteiger partial charge in [0.1, 0.15) is 0 Å². The third-order valence-corrected chi connectivity index (χ3v) is 7.46. The van der Waals surface area contributed by atoms with E-state index in [1.165, 1.54) is 6.20 Å². The van der Waals surface area contributed by atoms with Crippen molar-refractivity contribution in [2.75, 3.05) is 0 Å². The number of carbonyl (C=O) groups excluding carboxylic acids is 1. The number of carbonyl (C=O) groups is 1. The van der Waals surface area contributed by atoms with Crippen LogP contribution in [0.15, 0.2) is 113 Å². The summed E-state index contributed by atoms with van der Waals surface area (Å²) in [5.41, 5.74) is 3.21. The Kier molecular flexibility index (Phi) is 5.77. The fraction of sp³-hybridized carbons (Fsp3) is 0.0741. The lowest BCUT2D eigenvalue weighted by atomic mass is 10.0. The van der Waals surface area contributed by atoms with Gasteiger partial charge in [-0.05, 0) is 47.4 Å². The smallest absolute Gasteiger partial charge is 0.233 e. The molecule has 168 valence electrons. The van der Waals surface area contributed by atoms with Gasteiger partial charge in [-0.25, -0.2) is 18.4 Å². The molecule has 0 bridgehead atoms. The molecule has 0 atom stereocenters. The van der Waals surface area contributed by atoms with Crippen LogP contribution in [0, 0.1) is 0 Å². The number of aromatic nitrogens is 3. The fourth-order valence-electron chi connectivity index (χ4n) is 3.81. The Labute approximate surface area is 197 Å². The first-order chi connectivity index (χ1) is 16.5. The quantitative estimate of drug-likeness (QED) is 0.313. The summed E-state index contributed by atoms with van der Waals surface area (Å²) in [6.07, 6.45) is 7.43. The predicted octanol–water partition coefficient (Wildman–Crippen LogP) is 5.04. The molecule has 0 amide bonds. The molecule has 0 saturated heterocycles. The number of hydrogen-bond acceptors (Lipinski definition) is 5. The molecule has 5 aromatic rings. The molecule has 6 nitrogen and oxygen atoms in total. The molecular formula is C27H21N3O3S. The maximum Gasteiger partial charge on any atom is 0.233 e. The zero-order chi connectivity index (χ0) is 23.5. The first-order valence-corrected chi connectivity index (χ1v) is 12.3. The third kappa shape index (κ3) is 4.38. The molecule has 2 aromatic heterocycles. The maximum atomic E-state index is 13.2. The molecular weight excluding hydrogens is 446 g/mol. The molecule has 3 aromatic carbocycles. The number of hydrogen-bond donors (Lipinski definition) is 0. The summed E-state index contributed by atoms with van der Waals surface area (Å²) < 4.78 is 28.1. The van der Waals surface area contributed by atoms with Crippen LogP contribution in [0.4, 0.5) is 0 Å². The normalized spacial score (nSPS) is 11.5. The number of ketones is 1. The zero-order valence-electron chi connectivity index (χ0n) is 18.2. The Balaban J connectivity index is 1.30. The van der Waals surface area contributed by atoms with Gasteiger partial charge in [0.15, 0.2) is 5.78 Å². The Morgan fingerprint density at radius 2 is 1.59 bits per heavy atom. The van der Waals surface area contributed by atoms with E-state index in [1.807, 2.05) is 36.4 Å². The van der Waals surface area contributed by atoms with Gasteiger partial charge in [0.2, 0.25) is 15.6 Å². The van der Waals surface area contributed by atoms with Crippen LogP contribution in [0.2, 0.25) is 0 Å². The number of nitrogens with zero attached hydrogens (tertiary/aromatic N) is 3. The van der Waals surface area contributed by atoms with Gasteiger partial charge in [0, 0.05) is 31.2 Å². The van der Waals surface area contributed by atoms with E-state index in [1.54, 1.807) is 65.5 Å². The van der Waals surface area contributed by atoms with Gasteiger partial charge < -0.3 is 0 Å². The summed E-state index contributed by atoms with van der Waals surface area (Å²) in [4.78, 5) is 21.3. The predicted molar refractivity (Wildman–Crippen MR) is 129 cm³/mol. The van der Waals surface area contributed by atoms with Crippen LogP contribution in [0.1, 0.15) is 22.3 Å². The van der Waals surface area contributed by atoms with Crippen molar-refractivity contribution in [1.29, 1.82) is 0 Å². The fourth-order valence-corrected chi connectivity index (χ4v) is 5.11. The van der Waals surface area contributed by atoms with Crippen LogP contribution in [-0.2, 0) is 16.3 Å². The van der Waals surface area contributed by atoms with Crippen LogP contribution in [0.25, 0.3) is 16.9 Å². The average Bonchev–Trinajstić information content (AvgIpc) is 3.36. The molecule has 0 aliphatic carbocycles. The lowest BCUT2D eigenvalue weighted by Crippen LogP contribution is -2.05. The molecule has 7 heteroatoms. The van der Waals surface area contributed by atoms with Crippen molar-refractivity contribution >= 4 is 21.4 Å². The average molecular weight is 468 g/mol. The third-order valence-electron chi connectivity index (χ3n) is 5.69. The highest BCUT2D eigenvalue weighted by atomic mass is 32.2. The lowest BCUT2D eigenvalue weighted by molar-refractivity contribution is 0.0982. The standard InChI is InChI=1S/C27H21N3O3S/c31-26(23-18-29-27-28-15-16-30(27)19-23)14-11-20-9-12-24(13-10-20)34(32,33)25-8-4-7-22(17-25)21-5-2-1-3-6-21/h1-10,12-13,15-19H,11,14H2. The van der Waals surface area contributed by atoms with Gasteiger partial charge in [-0.15, -0.1) is 0 Å². The Morgan fingerprint density at radius 1 is 0.824 bits per heavy atom. The molecule has 0 spiro atoms. The van der Waals surface area contributed by atoms with Crippen LogP contribution in [0.5, 0.6) is 0 Å². The van der Waals surface area contributed by atoms with Gasteiger partial charge in [0.05, 0.1) is 15.4 Å². The highest BCUT2D eigenvalue weighted by Gasteiger charge is 2.18. The van der Waals surface area contributed by atoms with Gasteiger partial charge in [-0.3, -0.25) is 9.20 Å². The van der Waals surface area contributed by atoms with Gasteiger partial charge in [-0.2, -0.15) is 0 Å². The SMILES string of the molecule is O=C(CCc1ccc(S(=O)(=O)c2cccc(-c3ccccc3)c2)cc1)c1cnc2nccn2c1. The largest absolute Gasteiger partial charge is 0.294 e. The number of aryl methyl sites for hydroxylation is 1. The Hall–Kier alpha value is -4.10. The van der Waals surface area contributed by atoms with E-state index in [0.717, 1.165) is 16.7 Å². The minimum atomic E-state index is -3.66. The van der Waals surface area contributed by atoms with Crippen LogP contribution in [0.3, 0.4) is 0 Å². The molecule has 0 saturated carbocycles. The van der Waals surface area contributed by atoms with E-state index in [-0.39, 0.29) is 15.6 Å². The van der Waals surface area contributed by atoms with E-state index >= 15 is 0 Å². The van der Waals surface area contributed by atoms with E-state index in [4.69, 9.17) is 0 Å². The summed E-state index contributed by atoms with van der Waals surface area (Å²) >= 11 is 0. The Morgan fingerprint density at radius 3 is 2.38 bits per heavy atom. The monoisotopic (exact) mass is 467 g/mol. The number of imidazole rings is 1. The maximum absolute atomic E-state index is 13.2. The van der Waals surface area contributed by atoms with E-state index in [9.17, 15) is 13.2 Å². The highest BCUT2D eigenvalue weighted by molar-refractivity contribution is 7.91. The summed E-state index contributed by atoms with van der Waals surface area (Å²) in [5.74, 6) is 0.514. The molecule has 0 unspecified atom stereocenters. The van der Waals surface area contributed by atoms with Gasteiger partial charge in [-0.1, -0.05) is 54.6 Å².